The van der Waals surface area contributed by atoms with E-state index in [-0.39, 0.29) is 25.2 Å². The molecule has 5 heteroatoms. The van der Waals surface area contributed by atoms with Crippen LogP contribution in [0.15, 0.2) is 194 Å². The summed E-state index contributed by atoms with van der Waals surface area (Å²) in [6.45, 7) is 3.84. The summed E-state index contributed by atoms with van der Waals surface area (Å²) in [5.41, 5.74) is 0. The van der Waals surface area contributed by atoms with Gasteiger partial charge in [0.05, 0.1) is 6.61 Å². The number of aliphatic hydroxyl groups is 1. The standard InChI is InChI=1S/C67H100O5/c1-3-5-7-9-11-13-15-17-19-21-23-25-27-29-31-32-33-34-36-38-40-42-44-46-48-50-52-54-56-58-60-62-67(70)72-65(63-68)64-71-66(69)61-59-57-55-53-51-49-47-45-43-41-39-37-35-30-28-26-24-22-20-18-16-14-12-10-8-6-4-2/h5-8,11-14,17-20,23-26,29-31,33-35,38-41,44-47,51,53,65,68H,3-4,9-10,15-16,21-22,27-28,32,36-37,42-43,48-50,52,54-64H2,1-2H3/b7-5-,8-6-,13-11-,14-12-,19-17-,20-18-,25-23-,26-24-,31-29-,34-33-,35-30-,40-38-,41-39-,46-44-,47-45-,53-51-. The lowest BCUT2D eigenvalue weighted by molar-refractivity contribution is -0.161. The molecule has 0 radical (unpaired) electrons. The molecule has 1 atom stereocenters. The van der Waals surface area contributed by atoms with Crippen LogP contribution in [-0.4, -0.2) is 36.4 Å². The fourth-order valence-corrected chi connectivity index (χ4v) is 6.76. The zero-order valence-electron chi connectivity index (χ0n) is 45.3. The second kappa shape index (κ2) is 60.0. The molecule has 72 heavy (non-hydrogen) atoms. The van der Waals surface area contributed by atoms with Crippen LogP contribution in [0.4, 0.5) is 0 Å². The molecule has 0 aromatic rings. The summed E-state index contributed by atoms with van der Waals surface area (Å²) in [5, 5.41) is 9.65. The Labute approximate surface area is 441 Å². The maximum Gasteiger partial charge on any atom is 0.306 e. The van der Waals surface area contributed by atoms with Crippen LogP contribution in [0.25, 0.3) is 0 Å². The molecule has 0 rings (SSSR count). The molecule has 0 heterocycles. The summed E-state index contributed by atoms with van der Waals surface area (Å²) in [5.74, 6) is -0.678. The summed E-state index contributed by atoms with van der Waals surface area (Å²) in [4.78, 5) is 24.5. The van der Waals surface area contributed by atoms with Gasteiger partial charge in [0.15, 0.2) is 6.10 Å². The molecule has 0 aromatic carbocycles. The van der Waals surface area contributed by atoms with Crippen LogP contribution in [0.5, 0.6) is 0 Å². The molecule has 0 bridgehead atoms. The minimum atomic E-state index is -0.817. The highest BCUT2D eigenvalue weighted by atomic mass is 16.6. The van der Waals surface area contributed by atoms with E-state index in [0.29, 0.717) is 12.8 Å². The van der Waals surface area contributed by atoms with E-state index in [1.54, 1.807) is 0 Å². The van der Waals surface area contributed by atoms with E-state index in [0.717, 1.165) is 154 Å². The van der Waals surface area contributed by atoms with Gasteiger partial charge in [0, 0.05) is 12.8 Å². The van der Waals surface area contributed by atoms with Gasteiger partial charge >= 0.3 is 11.9 Å². The first-order valence-electron chi connectivity index (χ1n) is 28.0. The van der Waals surface area contributed by atoms with Crippen molar-refractivity contribution in [3.8, 4) is 0 Å². The highest BCUT2D eigenvalue weighted by molar-refractivity contribution is 5.70. The second-order valence-corrected chi connectivity index (χ2v) is 17.5. The Morgan fingerprint density at radius 3 is 0.861 bits per heavy atom. The Bertz CT molecular complexity index is 1730. The van der Waals surface area contributed by atoms with Gasteiger partial charge < -0.3 is 14.6 Å². The number of ether oxygens (including phenoxy) is 2. The molecule has 0 spiro atoms. The van der Waals surface area contributed by atoms with Crippen LogP contribution in [-0.2, 0) is 19.1 Å². The minimum absolute atomic E-state index is 0.110. The quantitative estimate of drug-likeness (QED) is 0.0374. The predicted molar refractivity (Wildman–Crippen MR) is 315 cm³/mol. The molecule has 0 fully saturated rings. The van der Waals surface area contributed by atoms with Gasteiger partial charge in [-0.1, -0.05) is 234 Å². The predicted octanol–water partition coefficient (Wildman–Crippen LogP) is 19.3. The SMILES string of the molecule is CC/C=C\C/C=C\C/C=C\C/C=C\C/C=C\C/C=C\C/C=C\C/C=C\CCCCCCCCC(=O)OC(CO)COC(=O)CCCC/C=C\C/C=C\C/C=C\C/C=C\C/C=C\C/C=C\C/C=C\C/C=C\CC. The van der Waals surface area contributed by atoms with Gasteiger partial charge in [-0.2, -0.15) is 0 Å². The van der Waals surface area contributed by atoms with Gasteiger partial charge in [0.2, 0.25) is 0 Å². The summed E-state index contributed by atoms with van der Waals surface area (Å²) >= 11 is 0. The summed E-state index contributed by atoms with van der Waals surface area (Å²) in [7, 11) is 0. The summed E-state index contributed by atoms with van der Waals surface area (Å²) < 4.78 is 10.6. The van der Waals surface area contributed by atoms with E-state index in [4.69, 9.17) is 9.47 Å². The van der Waals surface area contributed by atoms with E-state index in [1.165, 1.54) is 12.8 Å². The van der Waals surface area contributed by atoms with Crippen LogP contribution in [0, 0.1) is 0 Å². The molecule has 0 aliphatic carbocycles. The number of esters is 2. The van der Waals surface area contributed by atoms with Gasteiger partial charge in [-0.05, 0) is 141 Å². The Morgan fingerprint density at radius 1 is 0.319 bits per heavy atom. The normalized spacial score (nSPS) is 13.8. The molecule has 0 amide bonds. The third kappa shape index (κ3) is 57.3. The van der Waals surface area contributed by atoms with Crippen molar-refractivity contribution in [2.45, 2.75) is 200 Å². The number of unbranched alkanes of at least 4 members (excludes halogenated alkanes) is 8. The zero-order chi connectivity index (χ0) is 52.0. The third-order valence-corrected chi connectivity index (χ3v) is 10.9. The molecular weight excluding hydrogens is 885 g/mol. The lowest BCUT2D eigenvalue weighted by Crippen LogP contribution is -2.28. The Morgan fingerprint density at radius 2 is 0.556 bits per heavy atom. The number of aliphatic hydroxyl groups excluding tert-OH is 1. The molecule has 0 saturated heterocycles. The van der Waals surface area contributed by atoms with Gasteiger partial charge in [-0.3, -0.25) is 9.59 Å². The Hall–Kier alpha value is -5.26. The summed E-state index contributed by atoms with van der Waals surface area (Å²) in [6.07, 6.45) is 96.7. The van der Waals surface area contributed by atoms with Gasteiger partial charge in [0.25, 0.3) is 0 Å². The van der Waals surface area contributed by atoms with Crippen LogP contribution in [0.3, 0.4) is 0 Å². The topological polar surface area (TPSA) is 72.8 Å². The fraction of sp³-hybridized carbons (Fsp3) is 0.493. The highest BCUT2D eigenvalue weighted by Gasteiger charge is 2.16. The first-order valence-corrected chi connectivity index (χ1v) is 28.0. The average molecular weight is 986 g/mol. The van der Waals surface area contributed by atoms with E-state index in [2.05, 4.69) is 208 Å². The molecular formula is C67H100O5. The maximum atomic E-state index is 12.3. The molecule has 0 aliphatic heterocycles. The first-order chi connectivity index (χ1) is 35.6. The van der Waals surface area contributed by atoms with Crippen molar-refractivity contribution in [2.75, 3.05) is 13.2 Å². The number of allylic oxidation sites excluding steroid dienone is 32. The Kier molecular flexibility index (Phi) is 55.7. The molecule has 0 saturated carbocycles. The van der Waals surface area contributed by atoms with Gasteiger partial charge in [-0.15, -0.1) is 0 Å². The van der Waals surface area contributed by atoms with Crippen LogP contribution >= 0.6 is 0 Å². The van der Waals surface area contributed by atoms with Crippen LogP contribution < -0.4 is 0 Å². The van der Waals surface area contributed by atoms with Crippen molar-refractivity contribution < 1.29 is 24.2 Å². The number of carbonyl (C=O) groups excluding carboxylic acids is 2. The number of rotatable bonds is 48. The van der Waals surface area contributed by atoms with E-state index < -0.39 is 6.10 Å². The lowest BCUT2D eigenvalue weighted by atomic mass is 10.1. The van der Waals surface area contributed by atoms with Crippen LogP contribution in [0.2, 0.25) is 0 Å². The molecule has 5 nitrogen and oxygen atoms in total. The van der Waals surface area contributed by atoms with Crippen LogP contribution in [0.1, 0.15) is 194 Å². The molecule has 1 unspecified atom stereocenters. The van der Waals surface area contributed by atoms with Gasteiger partial charge in [-0.25, -0.2) is 0 Å². The van der Waals surface area contributed by atoms with Crippen molar-refractivity contribution in [2.24, 2.45) is 0 Å². The van der Waals surface area contributed by atoms with Crippen molar-refractivity contribution in [3.05, 3.63) is 194 Å². The monoisotopic (exact) mass is 985 g/mol. The van der Waals surface area contributed by atoms with E-state index in [1.807, 2.05) is 0 Å². The lowest BCUT2D eigenvalue weighted by Gasteiger charge is -2.15. The molecule has 398 valence electrons. The average Bonchev–Trinajstić information content (AvgIpc) is 3.38. The first kappa shape index (κ1) is 66.7. The van der Waals surface area contributed by atoms with Crippen molar-refractivity contribution >= 4 is 11.9 Å². The summed E-state index contributed by atoms with van der Waals surface area (Å²) in [6, 6.07) is 0. The number of hydrogen-bond donors (Lipinski definition) is 1. The Balaban J connectivity index is 3.72. The number of hydrogen-bond acceptors (Lipinski definition) is 5. The largest absolute Gasteiger partial charge is 0.462 e. The van der Waals surface area contributed by atoms with E-state index >= 15 is 0 Å². The van der Waals surface area contributed by atoms with Gasteiger partial charge in [0.1, 0.15) is 6.61 Å². The number of carbonyl (C=O) groups is 2. The van der Waals surface area contributed by atoms with Crippen molar-refractivity contribution in [1.29, 1.82) is 0 Å². The maximum absolute atomic E-state index is 12.3. The molecule has 0 aromatic heterocycles. The zero-order valence-corrected chi connectivity index (χ0v) is 45.3. The second-order valence-electron chi connectivity index (χ2n) is 17.5. The minimum Gasteiger partial charge on any atom is -0.462 e. The van der Waals surface area contributed by atoms with E-state index in [9.17, 15) is 14.7 Å². The highest BCUT2D eigenvalue weighted by Crippen LogP contribution is 2.11. The molecule has 0 aliphatic rings. The third-order valence-electron chi connectivity index (χ3n) is 10.9. The fourth-order valence-electron chi connectivity index (χ4n) is 6.76. The molecule has 1 N–H and O–H groups in total. The van der Waals surface area contributed by atoms with Crippen molar-refractivity contribution in [3.63, 3.8) is 0 Å². The smallest absolute Gasteiger partial charge is 0.306 e. The van der Waals surface area contributed by atoms with Crippen molar-refractivity contribution in [1.82, 2.24) is 0 Å².